The molecule has 1 heterocycles. The molecular formula is C7H12OS. The summed E-state index contributed by atoms with van der Waals surface area (Å²) >= 11 is 1.81. The first-order chi connectivity index (χ1) is 4.20. The Morgan fingerprint density at radius 3 is 2.56 bits per heavy atom. The second-order valence-corrected chi connectivity index (χ2v) is 4.06. The van der Waals surface area contributed by atoms with Crippen molar-refractivity contribution >= 4 is 17.5 Å². The fourth-order valence-electron chi connectivity index (χ4n) is 0.970. The summed E-state index contributed by atoms with van der Waals surface area (Å²) in [5, 5.41) is 0.609. The van der Waals surface area contributed by atoms with E-state index < -0.39 is 0 Å². The molecule has 9 heavy (non-hydrogen) atoms. The van der Waals surface area contributed by atoms with Crippen LogP contribution in [0.15, 0.2) is 0 Å². The number of carbonyl (C=O) groups is 1. The van der Waals surface area contributed by atoms with Crippen LogP contribution in [0.2, 0.25) is 0 Å². The zero-order valence-electron chi connectivity index (χ0n) is 5.89. The second-order valence-electron chi connectivity index (χ2n) is 2.84. The van der Waals surface area contributed by atoms with E-state index in [1.807, 2.05) is 11.8 Å². The average molecular weight is 144 g/mol. The Labute approximate surface area is 60.2 Å². The van der Waals surface area contributed by atoms with Crippen molar-refractivity contribution in [3.8, 4) is 0 Å². The Balaban J connectivity index is 2.39. The van der Waals surface area contributed by atoms with Crippen LogP contribution >= 0.6 is 11.8 Å². The zero-order chi connectivity index (χ0) is 6.85. The molecule has 1 nitrogen and oxygen atoms in total. The van der Waals surface area contributed by atoms with E-state index in [4.69, 9.17) is 0 Å². The van der Waals surface area contributed by atoms with E-state index in [0.717, 1.165) is 12.2 Å². The molecule has 0 unspecified atom stereocenters. The average Bonchev–Trinajstić information content (AvgIpc) is 2.14. The molecule has 1 aliphatic heterocycles. The number of ketones is 1. The molecule has 0 aromatic carbocycles. The first kappa shape index (κ1) is 7.13. The number of hydrogen-bond donors (Lipinski definition) is 0. The highest BCUT2D eigenvalue weighted by Gasteiger charge is 2.24. The van der Waals surface area contributed by atoms with Crippen molar-refractivity contribution in [3.63, 3.8) is 0 Å². The van der Waals surface area contributed by atoms with E-state index in [-0.39, 0.29) is 0 Å². The van der Waals surface area contributed by atoms with Crippen molar-refractivity contribution in [1.29, 1.82) is 0 Å². The summed E-state index contributed by atoms with van der Waals surface area (Å²) in [6, 6.07) is 0. The van der Waals surface area contributed by atoms with Crippen molar-refractivity contribution in [2.75, 3.05) is 5.75 Å². The van der Waals surface area contributed by atoms with Crippen molar-refractivity contribution in [1.82, 2.24) is 0 Å². The summed E-state index contributed by atoms with van der Waals surface area (Å²) < 4.78 is 0. The molecule has 0 spiro atoms. The molecule has 52 valence electrons. The molecular weight excluding hydrogens is 132 g/mol. The third-order valence-electron chi connectivity index (χ3n) is 1.63. The number of rotatable bonds is 1. The molecule has 1 rings (SSSR count). The van der Waals surface area contributed by atoms with Gasteiger partial charge in [-0.15, -0.1) is 11.8 Å². The first-order valence-corrected chi connectivity index (χ1v) is 4.38. The van der Waals surface area contributed by atoms with Gasteiger partial charge in [-0.3, -0.25) is 4.79 Å². The van der Waals surface area contributed by atoms with Gasteiger partial charge in [-0.25, -0.2) is 0 Å². The van der Waals surface area contributed by atoms with E-state index in [0.29, 0.717) is 17.0 Å². The lowest BCUT2D eigenvalue weighted by molar-refractivity contribution is -0.116. The normalized spacial score (nSPS) is 27.9. The Hall–Kier alpha value is 0.0200. The summed E-state index contributed by atoms with van der Waals surface area (Å²) in [5.74, 6) is 1.85. The minimum atomic E-state index is 0.429. The molecule has 0 saturated carbocycles. The third kappa shape index (κ3) is 1.71. The van der Waals surface area contributed by atoms with Crippen molar-refractivity contribution in [2.45, 2.75) is 25.5 Å². The van der Waals surface area contributed by atoms with Crippen LogP contribution in [0.4, 0.5) is 0 Å². The SMILES string of the molecule is CC(C)[C@H]1CC(=O)CS1. The Bertz CT molecular complexity index is 120. The van der Waals surface area contributed by atoms with Crippen LogP contribution in [0.25, 0.3) is 0 Å². The minimum Gasteiger partial charge on any atom is -0.299 e. The molecule has 0 N–H and O–H groups in total. The number of hydrogen-bond acceptors (Lipinski definition) is 2. The number of Topliss-reactive ketones (excluding diaryl/α,β-unsaturated/α-hetero) is 1. The van der Waals surface area contributed by atoms with Gasteiger partial charge in [-0.1, -0.05) is 13.8 Å². The lowest BCUT2D eigenvalue weighted by Crippen LogP contribution is -2.07. The Morgan fingerprint density at radius 2 is 2.33 bits per heavy atom. The summed E-state index contributed by atoms with van der Waals surface area (Å²) in [6.45, 7) is 4.35. The fraction of sp³-hybridized carbons (Fsp3) is 0.857. The van der Waals surface area contributed by atoms with Gasteiger partial charge in [0.05, 0.1) is 5.75 Å². The summed E-state index contributed by atoms with van der Waals surface area (Å²) in [6.07, 6.45) is 0.808. The Kier molecular flexibility index (Phi) is 2.17. The van der Waals surface area contributed by atoms with Gasteiger partial charge in [0, 0.05) is 11.7 Å². The minimum absolute atomic E-state index is 0.429. The predicted molar refractivity (Wildman–Crippen MR) is 40.7 cm³/mol. The van der Waals surface area contributed by atoms with Crippen molar-refractivity contribution in [2.24, 2.45) is 5.92 Å². The molecule has 1 aliphatic rings. The fourth-order valence-corrected chi connectivity index (χ4v) is 2.18. The largest absolute Gasteiger partial charge is 0.299 e. The first-order valence-electron chi connectivity index (χ1n) is 3.33. The molecule has 1 atom stereocenters. The topological polar surface area (TPSA) is 17.1 Å². The van der Waals surface area contributed by atoms with Crippen molar-refractivity contribution in [3.05, 3.63) is 0 Å². The van der Waals surface area contributed by atoms with Crippen LogP contribution in [0, 0.1) is 5.92 Å². The molecule has 0 aromatic rings. The highest BCUT2D eigenvalue weighted by Crippen LogP contribution is 2.29. The number of thioether (sulfide) groups is 1. The van der Waals surface area contributed by atoms with E-state index in [1.165, 1.54) is 0 Å². The lowest BCUT2D eigenvalue weighted by atomic mass is 10.1. The van der Waals surface area contributed by atoms with Crippen LogP contribution in [-0.2, 0) is 4.79 Å². The van der Waals surface area contributed by atoms with E-state index in [2.05, 4.69) is 13.8 Å². The summed E-state index contributed by atoms with van der Waals surface area (Å²) in [5.41, 5.74) is 0. The van der Waals surface area contributed by atoms with Gasteiger partial charge in [0.1, 0.15) is 5.78 Å². The molecule has 2 heteroatoms. The summed E-state index contributed by atoms with van der Waals surface area (Å²) in [4.78, 5) is 10.7. The predicted octanol–water partition coefficient (Wildman–Crippen LogP) is 1.72. The maximum Gasteiger partial charge on any atom is 0.143 e. The third-order valence-corrected chi connectivity index (χ3v) is 3.26. The summed E-state index contributed by atoms with van der Waals surface area (Å²) in [7, 11) is 0. The van der Waals surface area contributed by atoms with Gasteiger partial charge in [0.25, 0.3) is 0 Å². The Morgan fingerprint density at radius 1 is 1.67 bits per heavy atom. The van der Waals surface area contributed by atoms with Gasteiger partial charge in [0.2, 0.25) is 0 Å². The van der Waals surface area contributed by atoms with Gasteiger partial charge >= 0.3 is 0 Å². The zero-order valence-corrected chi connectivity index (χ0v) is 6.70. The second kappa shape index (κ2) is 2.74. The quantitative estimate of drug-likeness (QED) is 0.557. The smallest absolute Gasteiger partial charge is 0.143 e. The molecule has 0 amide bonds. The van der Waals surface area contributed by atoms with Gasteiger partial charge in [0.15, 0.2) is 0 Å². The van der Waals surface area contributed by atoms with Crippen molar-refractivity contribution < 1.29 is 4.79 Å². The standard InChI is InChI=1S/C7H12OS/c1-5(2)7-3-6(8)4-9-7/h5,7H,3-4H2,1-2H3/t7-/m1/s1. The van der Waals surface area contributed by atoms with Crippen LogP contribution in [0.3, 0.4) is 0 Å². The monoisotopic (exact) mass is 144 g/mol. The van der Waals surface area contributed by atoms with Crippen LogP contribution < -0.4 is 0 Å². The number of carbonyl (C=O) groups excluding carboxylic acids is 1. The van der Waals surface area contributed by atoms with Gasteiger partial charge in [-0.2, -0.15) is 0 Å². The van der Waals surface area contributed by atoms with Gasteiger partial charge in [-0.05, 0) is 5.92 Å². The van der Waals surface area contributed by atoms with E-state index in [1.54, 1.807) is 0 Å². The molecule has 0 aliphatic carbocycles. The van der Waals surface area contributed by atoms with Crippen LogP contribution in [0.5, 0.6) is 0 Å². The molecule has 0 aromatic heterocycles. The lowest BCUT2D eigenvalue weighted by Gasteiger charge is -2.09. The molecule has 1 saturated heterocycles. The highest BCUT2D eigenvalue weighted by atomic mass is 32.2. The molecule has 1 fully saturated rings. The molecule has 0 radical (unpaired) electrons. The van der Waals surface area contributed by atoms with E-state index >= 15 is 0 Å². The maximum atomic E-state index is 10.7. The van der Waals surface area contributed by atoms with Gasteiger partial charge < -0.3 is 0 Å². The van der Waals surface area contributed by atoms with Crippen LogP contribution in [-0.4, -0.2) is 16.8 Å². The highest BCUT2D eigenvalue weighted by molar-refractivity contribution is 8.01. The van der Waals surface area contributed by atoms with E-state index in [9.17, 15) is 4.79 Å². The van der Waals surface area contributed by atoms with Crippen LogP contribution in [0.1, 0.15) is 20.3 Å². The maximum absolute atomic E-state index is 10.7. The molecule has 0 bridgehead atoms.